The van der Waals surface area contributed by atoms with Crippen LogP contribution in [-0.2, 0) is 22.3 Å². The van der Waals surface area contributed by atoms with Crippen molar-refractivity contribution in [3.05, 3.63) is 70.8 Å². The molecule has 3 rings (SSSR count). The topological polar surface area (TPSA) is 78.5 Å². The van der Waals surface area contributed by atoms with Crippen LogP contribution in [0, 0.1) is 0 Å². The Hall–Kier alpha value is -3.15. The second kappa shape index (κ2) is 7.35. The normalized spacial score (nSPS) is 19.3. The Bertz CT molecular complexity index is 960. The first-order valence-corrected chi connectivity index (χ1v) is 9.62. The average molecular weight is 393 g/mol. The average Bonchev–Trinajstić information content (AvgIpc) is 2.91. The van der Waals surface area contributed by atoms with Gasteiger partial charge in [0.05, 0.1) is 6.54 Å². The van der Waals surface area contributed by atoms with Gasteiger partial charge in [-0.2, -0.15) is 0 Å². The minimum Gasteiger partial charge on any atom is -0.355 e. The Balaban J connectivity index is 1.85. The number of carbonyl (C=O) groups excluding carboxylic acids is 3. The molecule has 1 aliphatic heterocycles. The number of nitrogens with zero attached hydrogens (tertiary/aromatic N) is 1. The summed E-state index contributed by atoms with van der Waals surface area (Å²) in [5.41, 5.74) is 1.98. The minimum atomic E-state index is -1.12. The fourth-order valence-electron chi connectivity index (χ4n) is 3.48. The lowest BCUT2D eigenvalue weighted by Crippen LogP contribution is -2.40. The van der Waals surface area contributed by atoms with Gasteiger partial charge in [-0.3, -0.25) is 14.5 Å². The quantitative estimate of drug-likeness (QED) is 0.783. The van der Waals surface area contributed by atoms with Crippen LogP contribution in [0.3, 0.4) is 0 Å². The number of rotatable bonds is 4. The molecule has 0 aromatic heterocycles. The first-order chi connectivity index (χ1) is 13.6. The molecule has 1 atom stereocenters. The summed E-state index contributed by atoms with van der Waals surface area (Å²) in [4.78, 5) is 38.8. The van der Waals surface area contributed by atoms with E-state index in [1.54, 1.807) is 38.2 Å². The second-order valence-electron chi connectivity index (χ2n) is 8.55. The number of benzene rings is 2. The monoisotopic (exact) mass is 393 g/mol. The SMILES string of the molecule is CNC(=O)c1cccc(CN2C(=O)NC(C)(c3ccc(C(C)(C)C)cc3)C2=O)c1. The summed E-state index contributed by atoms with van der Waals surface area (Å²) in [6.45, 7) is 8.20. The number of urea groups is 1. The molecule has 1 saturated heterocycles. The van der Waals surface area contributed by atoms with Crippen LogP contribution in [0.2, 0.25) is 0 Å². The van der Waals surface area contributed by atoms with Crippen molar-refractivity contribution >= 4 is 17.8 Å². The summed E-state index contributed by atoms with van der Waals surface area (Å²) in [7, 11) is 1.56. The zero-order chi connectivity index (χ0) is 21.4. The molecule has 6 nitrogen and oxygen atoms in total. The van der Waals surface area contributed by atoms with Gasteiger partial charge in [0, 0.05) is 12.6 Å². The highest BCUT2D eigenvalue weighted by Gasteiger charge is 2.48. The molecule has 1 aliphatic rings. The van der Waals surface area contributed by atoms with Crippen LogP contribution in [0.1, 0.15) is 54.7 Å². The third-order valence-corrected chi connectivity index (χ3v) is 5.36. The van der Waals surface area contributed by atoms with E-state index in [9.17, 15) is 14.4 Å². The fraction of sp³-hybridized carbons (Fsp3) is 0.348. The molecule has 4 amide bonds. The van der Waals surface area contributed by atoms with E-state index < -0.39 is 11.6 Å². The molecule has 1 heterocycles. The zero-order valence-corrected chi connectivity index (χ0v) is 17.5. The molecule has 0 aliphatic carbocycles. The maximum Gasteiger partial charge on any atom is 0.325 e. The van der Waals surface area contributed by atoms with Crippen LogP contribution in [0.5, 0.6) is 0 Å². The van der Waals surface area contributed by atoms with E-state index in [0.29, 0.717) is 11.1 Å². The molecule has 152 valence electrons. The highest BCUT2D eigenvalue weighted by Crippen LogP contribution is 2.31. The molecule has 0 bridgehead atoms. The van der Waals surface area contributed by atoms with Crippen LogP contribution < -0.4 is 10.6 Å². The van der Waals surface area contributed by atoms with Gasteiger partial charge in [-0.05, 0) is 41.2 Å². The van der Waals surface area contributed by atoms with Crippen LogP contribution in [0.15, 0.2) is 48.5 Å². The van der Waals surface area contributed by atoms with Crippen LogP contribution in [0.4, 0.5) is 4.79 Å². The third-order valence-electron chi connectivity index (χ3n) is 5.36. The molecule has 2 aromatic rings. The first kappa shape index (κ1) is 20.6. The molecule has 0 saturated carbocycles. The van der Waals surface area contributed by atoms with E-state index in [4.69, 9.17) is 0 Å². The van der Waals surface area contributed by atoms with E-state index in [1.165, 1.54) is 4.90 Å². The van der Waals surface area contributed by atoms with Gasteiger partial charge in [0.2, 0.25) is 0 Å². The number of nitrogens with one attached hydrogen (secondary N) is 2. The van der Waals surface area contributed by atoms with E-state index in [-0.39, 0.29) is 23.8 Å². The molecule has 1 fully saturated rings. The summed E-state index contributed by atoms with van der Waals surface area (Å²) in [5, 5.41) is 5.40. The van der Waals surface area contributed by atoms with Gasteiger partial charge in [-0.1, -0.05) is 57.2 Å². The maximum absolute atomic E-state index is 13.2. The van der Waals surface area contributed by atoms with Crippen LogP contribution in [-0.4, -0.2) is 29.8 Å². The van der Waals surface area contributed by atoms with E-state index in [2.05, 4.69) is 31.4 Å². The number of amides is 4. The van der Waals surface area contributed by atoms with Crippen molar-refractivity contribution in [3.8, 4) is 0 Å². The van der Waals surface area contributed by atoms with Gasteiger partial charge < -0.3 is 10.6 Å². The summed E-state index contributed by atoms with van der Waals surface area (Å²) >= 11 is 0. The second-order valence-corrected chi connectivity index (χ2v) is 8.55. The largest absolute Gasteiger partial charge is 0.355 e. The van der Waals surface area contributed by atoms with Crippen molar-refractivity contribution in [1.29, 1.82) is 0 Å². The van der Waals surface area contributed by atoms with Crippen molar-refractivity contribution < 1.29 is 14.4 Å². The van der Waals surface area contributed by atoms with Crippen LogP contribution >= 0.6 is 0 Å². The Morgan fingerprint density at radius 2 is 1.76 bits per heavy atom. The van der Waals surface area contributed by atoms with E-state index >= 15 is 0 Å². The fourth-order valence-corrected chi connectivity index (χ4v) is 3.48. The van der Waals surface area contributed by atoms with E-state index in [0.717, 1.165) is 11.1 Å². The molecule has 1 unspecified atom stereocenters. The van der Waals surface area contributed by atoms with Crippen LogP contribution in [0.25, 0.3) is 0 Å². The number of imide groups is 1. The van der Waals surface area contributed by atoms with Gasteiger partial charge >= 0.3 is 6.03 Å². The number of hydrogen-bond acceptors (Lipinski definition) is 3. The van der Waals surface area contributed by atoms with Crippen molar-refractivity contribution in [2.24, 2.45) is 0 Å². The number of carbonyl (C=O) groups is 3. The summed E-state index contributed by atoms with van der Waals surface area (Å²) in [6, 6.07) is 14.3. The molecule has 0 spiro atoms. The van der Waals surface area contributed by atoms with Crippen molar-refractivity contribution in [1.82, 2.24) is 15.5 Å². The molecular weight excluding hydrogens is 366 g/mol. The lowest BCUT2D eigenvalue weighted by Gasteiger charge is -2.24. The van der Waals surface area contributed by atoms with Gasteiger partial charge in [0.1, 0.15) is 5.54 Å². The summed E-state index contributed by atoms with van der Waals surface area (Å²) < 4.78 is 0. The van der Waals surface area contributed by atoms with Gasteiger partial charge in [0.25, 0.3) is 11.8 Å². The van der Waals surface area contributed by atoms with Crippen molar-refractivity contribution in [2.75, 3.05) is 7.05 Å². The maximum atomic E-state index is 13.2. The minimum absolute atomic E-state index is 0.00417. The Kier molecular flexibility index (Phi) is 5.22. The molecule has 29 heavy (non-hydrogen) atoms. The van der Waals surface area contributed by atoms with Gasteiger partial charge in [0.15, 0.2) is 0 Å². The van der Waals surface area contributed by atoms with E-state index in [1.807, 2.05) is 24.3 Å². The lowest BCUT2D eigenvalue weighted by atomic mass is 9.84. The molecule has 6 heteroatoms. The predicted octanol–water partition coefficient (Wildman–Crippen LogP) is 3.31. The highest BCUT2D eigenvalue weighted by atomic mass is 16.2. The molecule has 0 radical (unpaired) electrons. The predicted molar refractivity (Wildman–Crippen MR) is 111 cm³/mol. The molecular formula is C23H27N3O3. The highest BCUT2D eigenvalue weighted by molar-refractivity contribution is 6.07. The summed E-state index contributed by atoms with van der Waals surface area (Å²) in [6.07, 6.45) is 0. The first-order valence-electron chi connectivity index (χ1n) is 9.62. The lowest BCUT2D eigenvalue weighted by molar-refractivity contribution is -0.131. The number of hydrogen-bond donors (Lipinski definition) is 2. The summed E-state index contributed by atoms with van der Waals surface area (Å²) in [5.74, 6) is -0.524. The smallest absolute Gasteiger partial charge is 0.325 e. The molecule has 2 N–H and O–H groups in total. The van der Waals surface area contributed by atoms with Crippen molar-refractivity contribution in [2.45, 2.75) is 45.2 Å². The van der Waals surface area contributed by atoms with Crippen molar-refractivity contribution in [3.63, 3.8) is 0 Å². The Morgan fingerprint density at radius 1 is 1.10 bits per heavy atom. The Morgan fingerprint density at radius 3 is 2.34 bits per heavy atom. The standard InChI is InChI=1S/C23H27N3O3/c1-22(2,3)17-9-11-18(12-10-17)23(4)20(28)26(21(29)25-23)14-15-7-6-8-16(13-15)19(27)24-5/h6-13H,14H2,1-5H3,(H,24,27)(H,25,29). The Labute approximate surface area is 171 Å². The zero-order valence-electron chi connectivity index (χ0n) is 17.5. The van der Waals surface area contributed by atoms with Gasteiger partial charge in [-0.15, -0.1) is 0 Å². The third kappa shape index (κ3) is 3.88. The molecule has 2 aromatic carbocycles. The van der Waals surface area contributed by atoms with Gasteiger partial charge in [-0.25, -0.2) is 4.79 Å².